The molecule has 1 aromatic carbocycles. The van der Waals surface area contributed by atoms with Crippen molar-refractivity contribution in [2.75, 3.05) is 18.9 Å². The van der Waals surface area contributed by atoms with Gasteiger partial charge in [-0.1, -0.05) is 16.1 Å². The van der Waals surface area contributed by atoms with E-state index in [9.17, 15) is 8.42 Å². The second-order valence-electron chi connectivity index (χ2n) is 7.16. The Morgan fingerprint density at radius 3 is 2.73 bits per heavy atom. The minimum absolute atomic E-state index is 0.0795. The Kier molecular flexibility index (Phi) is 5.56. The molecule has 4 rings (SSSR count). The van der Waals surface area contributed by atoms with Crippen molar-refractivity contribution in [3.63, 3.8) is 0 Å². The number of rotatable bonds is 6. The molecule has 0 saturated carbocycles. The molecule has 0 radical (unpaired) electrons. The van der Waals surface area contributed by atoms with Gasteiger partial charge in [0, 0.05) is 30.9 Å². The van der Waals surface area contributed by atoms with E-state index in [1.54, 1.807) is 30.5 Å². The van der Waals surface area contributed by atoms with Gasteiger partial charge in [-0.3, -0.25) is 4.84 Å². The highest BCUT2D eigenvalue weighted by Crippen LogP contribution is 2.32. The molecule has 10 heteroatoms. The second kappa shape index (κ2) is 8.15. The third-order valence-electron chi connectivity index (χ3n) is 4.85. The zero-order valence-electron chi connectivity index (χ0n) is 16.6. The predicted octanol–water partition coefficient (Wildman–Crippen LogP) is 2.60. The van der Waals surface area contributed by atoms with Gasteiger partial charge < -0.3 is 15.0 Å². The van der Waals surface area contributed by atoms with Crippen LogP contribution in [0.15, 0.2) is 45.9 Å². The number of hydrogen-bond donors (Lipinski definition) is 2. The molecule has 3 heterocycles. The minimum Gasteiger partial charge on any atom is -0.383 e. The van der Waals surface area contributed by atoms with Gasteiger partial charge in [0.25, 0.3) is 10.0 Å². The smallest absolute Gasteiger partial charge is 0.262 e. The molecule has 1 aliphatic rings. The van der Waals surface area contributed by atoms with E-state index >= 15 is 0 Å². The topological polar surface area (TPSA) is 130 Å². The zero-order valence-corrected chi connectivity index (χ0v) is 17.4. The van der Waals surface area contributed by atoms with E-state index in [1.807, 2.05) is 13.8 Å². The second-order valence-corrected chi connectivity index (χ2v) is 8.80. The van der Waals surface area contributed by atoms with Gasteiger partial charge in [-0.05, 0) is 43.2 Å². The van der Waals surface area contributed by atoms with Crippen molar-refractivity contribution in [3.05, 3.63) is 47.8 Å². The van der Waals surface area contributed by atoms with Crippen LogP contribution in [0.2, 0.25) is 0 Å². The lowest BCUT2D eigenvalue weighted by Crippen LogP contribution is -2.30. The molecule has 0 aliphatic carbocycles. The number of hydrogen-bond acceptors (Lipinski definition) is 8. The first kappa shape index (κ1) is 20.5. The van der Waals surface area contributed by atoms with Crippen LogP contribution < -0.4 is 10.6 Å². The molecule has 0 spiro atoms. The summed E-state index contributed by atoms with van der Waals surface area (Å²) in [5.41, 5.74) is 9.60. The summed E-state index contributed by atoms with van der Waals surface area (Å²) < 4.78 is 35.9. The van der Waals surface area contributed by atoms with Crippen LogP contribution >= 0.6 is 0 Å². The maximum Gasteiger partial charge on any atom is 0.262 e. The lowest BCUT2D eigenvalue weighted by Gasteiger charge is -2.13. The van der Waals surface area contributed by atoms with E-state index in [-0.39, 0.29) is 11.0 Å². The number of anilines is 1. The quantitative estimate of drug-likeness (QED) is 0.571. The van der Waals surface area contributed by atoms with Gasteiger partial charge in [0.15, 0.2) is 5.76 Å². The predicted molar refractivity (Wildman–Crippen MR) is 110 cm³/mol. The monoisotopic (exact) mass is 430 g/mol. The number of ether oxygens (including phenoxy) is 1. The molecule has 1 atom stereocenters. The summed E-state index contributed by atoms with van der Waals surface area (Å²) in [6.45, 7) is 4.62. The van der Waals surface area contributed by atoms with E-state index < -0.39 is 10.0 Å². The van der Waals surface area contributed by atoms with Crippen LogP contribution in [0.3, 0.4) is 0 Å². The maximum absolute atomic E-state index is 12.7. The number of pyridine rings is 1. The van der Waals surface area contributed by atoms with E-state index in [4.69, 9.17) is 19.8 Å². The van der Waals surface area contributed by atoms with E-state index in [2.05, 4.69) is 15.0 Å². The van der Waals surface area contributed by atoms with E-state index in [0.29, 0.717) is 47.9 Å². The van der Waals surface area contributed by atoms with Crippen LogP contribution in [0.25, 0.3) is 22.5 Å². The van der Waals surface area contributed by atoms with Gasteiger partial charge in [-0.2, -0.15) is 0 Å². The van der Waals surface area contributed by atoms with Crippen molar-refractivity contribution in [2.24, 2.45) is 0 Å². The molecular weight excluding hydrogens is 408 g/mol. The Balaban J connectivity index is 1.66. The SMILES string of the molecule is Cc1cc(-c2cc(-c3cc(S(=O)(=O)NOC4CCOC4)ccc3C)cnc2N)on1. The summed E-state index contributed by atoms with van der Waals surface area (Å²) in [4.78, 5) is 11.8. The molecular formula is C20H22N4O5S. The fraction of sp³-hybridized carbons (Fsp3) is 0.300. The van der Waals surface area contributed by atoms with Crippen LogP contribution in [0, 0.1) is 13.8 Å². The van der Waals surface area contributed by atoms with Gasteiger partial charge >= 0.3 is 0 Å². The summed E-state index contributed by atoms with van der Waals surface area (Å²) in [6.07, 6.45) is 1.95. The van der Waals surface area contributed by atoms with Gasteiger partial charge in [-0.15, -0.1) is 0 Å². The number of nitrogens with zero attached hydrogens (tertiary/aromatic N) is 2. The van der Waals surface area contributed by atoms with Crippen molar-refractivity contribution in [2.45, 2.75) is 31.3 Å². The third kappa shape index (κ3) is 4.21. The van der Waals surface area contributed by atoms with E-state index in [1.165, 1.54) is 6.07 Å². The first-order chi connectivity index (χ1) is 14.3. The van der Waals surface area contributed by atoms with Crippen molar-refractivity contribution < 1.29 is 22.5 Å². The van der Waals surface area contributed by atoms with Crippen molar-refractivity contribution in [1.29, 1.82) is 0 Å². The van der Waals surface area contributed by atoms with Gasteiger partial charge in [0.05, 0.1) is 22.8 Å². The molecule has 1 saturated heterocycles. The molecule has 0 amide bonds. The van der Waals surface area contributed by atoms with Crippen LogP contribution in [-0.2, 0) is 19.6 Å². The molecule has 30 heavy (non-hydrogen) atoms. The highest BCUT2D eigenvalue weighted by atomic mass is 32.2. The summed E-state index contributed by atoms with van der Waals surface area (Å²) in [5, 5.41) is 3.88. The average molecular weight is 430 g/mol. The number of sulfonamides is 1. The van der Waals surface area contributed by atoms with Crippen molar-refractivity contribution in [1.82, 2.24) is 15.0 Å². The molecule has 0 bridgehead atoms. The van der Waals surface area contributed by atoms with Crippen molar-refractivity contribution >= 4 is 15.8 Å². The zero-order chi connectivity index (χ0) is 21.3. The number of aromatic nitrogens is 2. The Bertz CT molecular complexity index is 1170. The number of nitrogens with two attached hydrogens (primary N) is 1. The molecule has 2 aromatic heterocycles. The summed E-state index contributed by atoms with van der Waals surface area (Å²) in [7, 11) is -3.86. The number of nitrogen functional groups attached to an aromatic ring is 1. The number of aryl methyl sites for hydroxylation is 2. The third-order valence-corrected chi connectivity index (χ3v) is 6.04. The fourth-order valence-electron chi connectivity index (χ4n) is 3.18. The highest BCUT2D eigenvalue weighted by Gasteiger charge is 2.22. The molecule has 3 N–H and O–H groups in total. The molecule has 3 aromatic rings. The van der Waals surface area contributed by atoms with Gasteiger partial charge in [0.2, 0.25) is 0 Å². The highest BCUT2D eigenvalue weighted by molar-refractivity contribution is 7.89. The number of nitrogens with one attached hydrogen (secondary N) is 1. The lowest BCUT2D eigenvalue weighted by molar-refractivity contribution is 0.0113. The average Bonchev–Trinajstić information content (AvgIpc) is 3.39. The minimum atomic E-state index is -3.86. The Morgan fingerprint density at radius 1 is 1.20 bits per heavy atom. The standard InChI is InChI=1S/C20H22N4O5S/c1-12-3-4-16(30(25,26)24-28-15-5-6-27-11-15)9-17(12)14-8-18(20(21)22-10-14)19-7-13(2)23-29-19/h3-4,7-10,15,24H,5-6,11H2,1-2H3,(H2,21,22). The Hall–Kier alpha value is -2.79. The molecule has 1 unspecified atom stereocenters. The first-order valence-corrected chi connectivity index (χ1v) is 10.9. The lowest BCUT2D eigenvalue weighted by atomic mass is 10.00. The van der Waals surface area contributed by atoms with Crippen LogP contribution in [-0.4, -0.2) is 37.9 Å². The molecule has 1 fully saturated rings. The summed E-state index contributed by atoms with van der Waals surface area (Å²) in [6, 6.07) is 8.41. The van der Waals surface area contributed by atoms with Crippen LogP contribution in [0.5, 0.6) is 0 Å². The molecule has 1 aliphatic heterocycles. The first-order valence-electron chi connectivity index (χ1n) is 9.39. The van der Waals surface area contributed by atoms with Crippen molar-refractivity contribution in [3.8, 4) is 22.5 Å². The van der Waals surface area contributed by atoms with Crippen LogP contribution in [0.1, 0.15) is 17.7 Å². The van der Waals surface area contributed by atoms with Gasteiger partial charge in [-0.25, -0.2) is 13.4 Å². The Morgan fingerprint density at radius 2 is 2.03 bits per heavy atom. The fourth-order valence-corrected chi connectivity index (χ4v) is 4.05. The summed E-state index contributed by atoms with van der Waals surface area (Å²) >= 11 is 0. The molecule has 158 valence electrons. The summed E-state index contributed by atoms with van der Waals surface area (Å²) in [5.74, 6) is 0.791. The normalized spacial score (nSPS) is 16.8. The largest absolute Gasteiger partial charge is 0.383 e. The van der Waals surface area contributed by atoms with E-state index in [0.717, 1.165) is 11.3 Å². The van der Waals surface area contributed by atoms with Gasteiger partial charge in [0.1, 0.15) is 11.9 Å². The molecule has 9 nitrogen and oxygen atoms in total. The number of benzene rings is 1. The maximum atomic E-state index is 12.7. The van der Waals surface area contributed by atoms with Crippen LogP contribution in [0.4, 0.5) is 5.82 Å². The Labute approximate surface area is 174 Å².